The zero-order valence-corrected chi connectivity index (χ0v) is 32.3. The van der Waals surface area contributed by atoms with Crippen molar-refractivity contribution in [2.45, 2.75) is 125 Å². The summed E-state index contributed by atoms with van der Waals surface area (Å²) in [5, 5.41) is 31.2. The van der Waals surface area contributed by atoms with E-state index in [1.807, 2.05) is 34.6 Å². The number of anilines is 2. The maximum absolute atomic E-state index is 11.9. The molecule has 0 spiro atoms. The number of nitrogens with two attached hydrogens (primary N) is 2. The Bertz CT molecular complexity index is 1110. The van der Waals surface area contributed by atoms with Gasteiger partial charge in [-0.05, 0) is 85.3 Å². The molecule has 1 aliphatic heterocycles. The molecule has 1 aliphatic rings. The largest absolute Gasteiger partial charge is 0.397 e. The highest BCUT2D eigenvalue weighted by molar-refractivity contribution is 5.79. The standard InChI is InChI=1S/C19H38N2O4.C8H11N3O2.C6H12N2O.C3H8/c1-15(2)10-13-25-19(5,6)14-20-16(23)8-7-9-17(24)21-18(3,4)11-12-22;1-2-10-8-4-3-6(11(12)13)5-7(8)9;7-6(9)5-2-1-3-8-4-5;1-3-2/h15,22H,7-14H2,1-6H3,(H,20,23)(H,21,24);3-5,10H,2,9H2,1H3;5,8H,1-4H2,(H2,7,9);3H2,1-2H3. The number of aliphatic hydroxyl groups is 1. The van der Waals surface area contributed by atoms with Gasteiger partial charge in [-0.15, -0.1) is 0 Å². The van der Waals surface area contributed by atoms with E-state index in [4.69, 9.17) is 21.3 Å². The second kappa shape index (κ2) is 27.3. The molecule has 0 saturated carbocycles. The van der Waals surface area contributed by atoms with Crippen LogP contribution >= 0.6 is 0 Å². The van der Waals surface area contributed by atoms with Crippen LogP contribution in [-0.2, 0) is 19.1 Å². The van der Waals surface area contributed by atoms with Crippen LogP contribution in [0.25, 0.3) is 0 Å². The lowest BCUT2D eigenvalue weighted by molar-refractivity contribution is -0.384. The van der Waals surface area contributed by atoms with Crippen LogP contribution in [-0.4, -0.2) is 78.3 Å². The summed E-state index contributed by atoms with van der Waals surface area (Å²) < 4.78 is 5.81. The van der Waals surface area contributed by atoms with E-state index in [0.717, 1.165) is 44.6 Å². The van der Waals surface area contributed by atoms with Crippen LogP contribution in [0.5, 0.6) is 0 Å². The van der Waals surface area contributed by atoms with E-state index in [2.05, 4.69) is 49.0 Å². The SMILES string of the molecule is CC(C)CCOC(C)(C)CNC(=O)CCCC(=O)NC(C)(C)CCO.CCC.CCNc1ccc([N+](=O)[O-])cc1N.NC(=O)C1CCCNC1. The Morgan fingerprint density at radius 2 is 1.74 bits per heavy atom. The Balaban J connectivity index is 0. The van der Waals surface area contributed by atoms with Crippen LogP contribution in [0.2, 0.25) is 0 Å². The third-order valence-corrected chi connectivity index (χ3v) is 7.23. The average Bonchev–Trinajstić information content (AvgIpc) is 3.02. The van der Waals surface area contributed by atoms with Crippen molar-refractivity contribution in [3.63, 3.8) is 0 Å². The Labute approximate surface area is 300 Å². The predicted octanol–water partition coefficient (Wildman–Crippen LogP) is 4.89. The maximum Gasteiger partial charge on any atom is 0.271 e. The number of benzene rings is 1. The molecule has 1 saturated heterocycles. The first-order valence-electron chi connectivity index (χ1n) is 17.9. The van der Waals surface area contributed by atoms with Gasteiger partial charge in [0.2, 0.25) is 17.7 Å². The van der Waals surface area contributed by atoms with Crippen LogP contribution in [0.1, 0.15) is 114 Å². The van der Waals surface area contributed by atoms with Gasteiger partial charge in [0.1, 0.15) is 0 Å². The van der Waals surface area contributed by atoms with Gasteiger partial charge >= 0.3 is 0 Å². The normalized spacial score (nSPS) is 14.0. The molecular formula is C36H69N7O7. The van der Waals surface area contributed by atoms with Crippen LogP contribution in [0.3, 0.4) is 0 Å². The summed E-state index contributed by atoms with van der Waals surface area (Å²) in [6, 6.07) is 4.38. The van der Waals surface area contributed by atoms with Crippen molar-refractivity contribution in [2.75, 3.05) is 50.4 Å². The molecule has 0 aliphatic carbocycles. The number of nitrogen functional groups attached to an aromatic ring is 1. The smallest absolute Gasteiger partial charge is 0.271 e. The van der Waals surface area contributed by atoms with E-state index < -0.39 is 16.1 Å². The van der Waals surface area contributed by atoms with Crippen molar-refractivity contribution < 1.29 is 29.2 Å². The Morgan fingerprint density at radius 3 is 2.20 bits per heavy atom. The first-order valence-corrected chi connectivity index (χ1v) is 17.9. The van der Waals surface area contributed by atoms with E-state index in [9.17, 15) is 24.5 Å². The van der Waals surface area contributed by atoms with E-state index in [-0.39, 0.29) is 35.9 Å². The number of nitro groups is 1. The third-order valence-electron chi connectivity index (χ3n) is 7.23. The van der Waals surface area contributed by atoms with Gasteiger partial charge in [0.05, 0.1) is 27.8 Å². The maximum atomic E-state index is 11.9. The predicted molar refractivity (Wildman–Crippen MR) is 203 cm³/mol. The Morgan fingerprint density at radius 1 is 1.12 bits per heavy atom. The number of non-ortho nitro benzene ring substituents is 1. The van der Waals surface area contributed by atoms with Crippen molar-refractivity contribution in [1.82, 2.24) is 16.0 Å². The number of nitrogens with zero attached hydrogens (tertiary/aromatic N) is 1. The van der Waals surface area contributed by atoms with Crippen LogP contribution in [0.15, 0.2) is 18.2 Å². The van der Waals surface area contributed by atoms with E-state index in [1.165, 1.54) is 18.6 Å². The molecule has 0 bridgehead atoms. The van der Waals surface area contributed by atoms with Gasteiger partial charge < -0.3 is 42.6 Å². The van der Waals surface area contributed by atoms with Crippen molar-refractivity contribution in [3.05, 3.63) is 28.3 Å². The number of carbonyl (C=O) groups excluding carboxylic acids is 3. The molecule has 1 aromatic carbocycles. The molecule has 2 rings (SSSR count). The summed E-state index contributed by atoms with van der Waals surface area (Å²) in [7, 11) is 0. The number of aliphatic hydroxyl groups excluding tert-OH is 1. The van der Waals surface area contributed by atoms with Crippen LogP contribution in [0, 0.1) is 22.0 Å². The second-order valence-corrected chi connectivity index (χ2v) is 14.0. The minimum atomic E-state index is -0.466. The number of hydrogen-bond donors (Lipinski definition) is 7. The van der Waals surface area contributed by atoms with Gasteiger partial charge in [0.25, 0.3) is 5.69 Å². The molecule has 1 heterocycles. The lowest BCUT2D eigenvalue weighted by atomic mass is 9.99. The van der Waals surface area contributed by atoms with Gasteiger partial charge in [-0.3, -0.25) is 24.5 Å². The molecule has 14 heteroatoms. The highest BCUT2D eigenvalue weighted by atomic mass is 16.6. The van der Waals surface area contributed by atoms with Gasteiger partial charge in [0, 0.05) is 63.4 Å². The molecule has 9 N–H and O–H groups in total. The summed E-state index contributed by atoms with van der Waals surface area (Å²) in [5.41, 5.74) is 11.0. The summed E-state index contributed by atoms with van der Waals surface area (Å²) in [5.74, 6) is 0.353. The van der Waals surface area contributed by atoms with Crippen LogP contribution in [0.4, 0.5) is 17.1 Å². The summed E-state index contributed by atoms with van der Waals surface area (Å²) in [6.07, 6.45) is 5.91. The quantitative estimate of drug-likeness (QED) is 0.0658. The second-order valence-electron chi connectivity index (χ2n) is 14.0. The number of piperidine rings is 1. The van der Waals surface area contributed by atoms with Gasteiger partial charge in [-0.25, -0.2) is 0 Å². The fraction of sp³-hybridized carbons (Fsp3) is 0.750. The van der Waals surface area contributed by atoms with E-state index in [1.54, 1.807) is 6.07 Å². The number of nitrogens with one attached hydrogen (secondary N) is 4. The summed E-state index contributed by atoms with van der Waals surface area (Å²) in [4.78, 5) is 44.2. The monoisotopic (exact) mass is 712 g/mol. The third kappa shape index (κ3) is 26.4. The molecule has 1 fully saturated rings. The van der Waals surface area contributed by atoms with E-state index >= 15 is 0 Å². The fourth-order valence-electron chi connectivity index (χ4n) is 4.32. The highest BCUT2D eigenvalue weighted by Crippen LogP contribution is 2.23. The molecule has 1 unspecified atom stereocenters. The van der Waals surface area contributed by atoms with Crippen LogP contribution < -0.4 is 32.7 Å². The first-order chi connectivity index (χ1) is 23.3. The van der Waals surface area contributed by atoms with Crippen molar-refractivity contribution in [3.8, 4) is 0 Å². The number of primary amides is 1. The average molecular weight is 712 g/mol. The summed E-state index contributed by atoms with van der Waals surface area (Å²) >= 11 is 0. The Hall–Kier alpha value is -3.49. The molecule has 14 nitrogen and oxygen atoms in total. The zero-order valence-electron chi connectivity index (χ0n) is 32.3. The molecular weight excluding hydrogens is 642 g/mol. The van der Waals surface area contributed by atoms with E-state index in [0.29, 0.717) is 50.4 Å². The first kappa shape index (κ1) is 48.6. The molecule has 1 atom stereocenters. The van der Waals surface area contributed by atoms with Gasteiger partial charge in [0.15, 0.2) is 0 Å². The van der Waals surface area contributed by atoms with Gasteiger partial charge in [-0.2, -0.15) is 0 Å². The van der Waals surface area contributed by atoms with Crippen molar-refractivity contribution >= 4 is 34.8 Å². The van der Waals surface area contributed by atoms with Gasteiger partial charge in [-0.1, -0.05) is 34.1 Å². The number of amides is 3. The Kier molecular flexibility index (Phi) is 26.5. The minimum absolute atomic E-state index is 0.0131. The highest BCUT2D eigenvalue weighted by Gasteiger charge is 2.21. The molecule has 0 radical (unpaired) electrons. The zero-order chi connectivity index (χ0) is 38.8. The lowest BCUT2D eigenvalue weighted by Crippen LogP contribution is -2.44. The number of ether oxygens (including phenoxy) is 1. The lowest BCUT2D eigenvalue weighted by Gasteiger charge is -2.26. The molecule has 1 aromatic rings. The molecule has 290 valence electrons. The van der Waals surface area contributed by atoms with Crippen molar-refractivity contribution in [1.29, 1.82) is 0 Å². The number of carbonyl (C=O) groups is 3. The van der Waals surface area contributed by atoms with Crippen molar-refractivity contribution in [2.24, 2.45) is 17.6 Å². The number of hydrogen-bond acceptors (Lipinski definition) is 10. The minimum Gasteiger partial charge on any atom is -0.397 e. The molecule has 0 aromatic heterocycles. The number of rotatable bonds is 17. The number of nitro benzene ring substituents is 1. The summed E-state index contributed by atoms with van der Waals surface area (Å²) in [6.45, 7) is 21.9. The molecule has 3 amide bonds. The topological polar surface area (TPSA) is 224 Å². The fourth-order valence-corrected chi connectivity index (χ4v) is 4.32. The molecule has 50 heavy (non-hydrogen) atoms.